The minimum absolute atomic E-state index is 0.198. The van der Waals surface area contributed by atoms with Crippen LogP contribution in [0.25, 0.3) is 0 Å². The second-order valence-corrected chi connectivity index (χ2v) is 7.90. The first kappa shape index (κ1) is 21.6. The Hall–Kier alpha value is -3.12. The summed E-state index contributed by atoms with van der Waals surface area (Å²) in [7, 11) is 0. The molecule has 30 heavy (non-hydrogen) atoms. The van der Waals surface area contributed by atoms with Crippen molar-refractivity contribution in [1.29, 1.82) is 0 Å². The Morgan fingerprint density at radius 1 is 0.900 bits per heavy atom. The minimum Gasteiger partial charge on any atom is -0.481 e. The van der Waals surface area contributed by atoms with E-state index in [1.54, 1.807) is 43.3 Å². The number of hydrogen-bond acceptors (Lipinski definition) is 3. The van der Waals surface area contributed by atoms with Crippen LogP contribution in [0.1, 0.15) is 28.4 Å². The largest absolute Gasteiger partial charge is 0.481 e. The molecule has 0 bridgehead atoms. The van der Waals surface area contributed by atoms with E-state index in [2.05, 4.69) is 26.6 Å². The van der Waals surface area contributed by atoms with Gasteiger partial charge in [-0.1, -0.05) is 28.1 Å². The monoisotopic (exact) mass is 466 g/mol. The highest BCUT2D eigenvalue weighted by Gasteiger charge is 2.15. The van der Waals surface area contributed by atoms with E-state index in [1.165, 1.54) is 0 Å². The molecule has 1 unspecified atom stereocenters. The van der Waals surface area contributed by atoms with Gasteiger partial charge in [-0.15, -0.1) is 0 Å². The lowest BCUT2D eigenvalue weighted by Gasteiger charge is -2.15. The topological polar surface area (TPSA) is 67.4 Å². The van der Waals surface area contributed by atoms with Gasteiger partial charge < -0.3 is 15.4 Å². The van der Waals surface area contributed by atoms with Gasteiger partial charge in [0, 0.05) is 21.4 Å². The van der Waals surface area contributed by atoms with Crippen LogP contribution in [0.4, 0.5) is 11.4 Å². The predicted molar refractivity (Wildman–Crippen MR) is 123 cm³/mol. The fraction of sp³-hybridized carbons (Fsp3) is 0.167. The van der Waals surface area contributed by atoms with Gasteiger partial charge in [0.2, 0.25) is 0 Å². The zero-order valence-electron chi connectivity index (χ0n) is 17.0. The van der Waals surface area contributed by atoms with Crippen molar-refractivity contribution in [3.63, 3.8) is 0 Å². The first-order chi connectivity index (χ1) is 14.3. The third-order valence-corrected chi connectivity index (χ3v) is 5.29. The van der Waals surface area contributed by atoms with E-state index < -0.39 is 6.10 Å². The van der Waals surface area contributed by atoms with E-state index in [4.69, 9.17) is 4.74 Å². The van der Waals surface area contributed by atoms with Gasteiger partial charge in [0.1, 0.15) is 5.75 Å². The molecule has 5 nitrogen and oxygen atoms in total. The number of benzene rings is 3. The van der Waals surface area contributed by atoms with E-state index >= 15 is 0 Å². The minimum atomic E-state index is -0.691. The Morgan fingerprint density at radius 3 is 2.23 bits per heavy atom. The zero-order valence-corrected chi connectivity index (χ0v) is 18.6. The van der Waals surface area contributed by atoms with E-state index in [0.29, 0.717) is 17.0 Å². The van der Waals surface area contributed by atoms with Crippen molar-refractivity contribution in [3.05, 3.63) is 87.9 Å². The van der Waals surface area contributed by atoms with Gasteiger partial charge in [0.25, 0.3) is 11.8 Å². The van der Waals surface area contributed by atoms with Gasteiger partial charge >= 0.3 is 0 Å². The number of anilines is 2. The van der Waals surface area contributed by atoms with Crippen molar-refractivity contribution < 1.29 is 14.3 Å². The third-order valence-electron chi connectivity index (χ3n) is 4.76. The molecular weight excluding hydrogens is 444 g/mol. The van der Waals surface area contributed by atoms with Crippen molar-refractivity contribution in [3.8, 4) is 5.75 Å². The van der Waals surface area contributed by atoms with Crippen molar-refractivity contribution in [1.82, 2.24) is 0 Å². The molecule has 0 aliphatic carbocycles. The van der Waals surface area contributed by atoms with Gasteiger partial charge in [-0.25, -0.2) is 0 Å². The third kappa shape index (κ3) is 5.48. The van der Waals surface area contributed by atoms with Crippen molar-refractivity contribution in [2.45, 2.75) is 26.9 Å². The van der Waals surface area contributed by atoms with E-state index in [-0.39, 0.29) is 11.8 Å². The highest BCUT2D eigenvalue weighted by Crippen LogP contribution is 2.20. The quantitative estimate of drug-likeness (QED) is 0.487. The normalized spacial score (nSPS) is 11.5. The number of halogens is 1. The summed E-state index contributed by atoms with van der Waals surface area (Å²) in [6.45, 7) is 5.66. The number of aryl methyl sites for hydroxylation is 1. The zero-order chi connectivity index (χ0) is 21.7. The van der Waals surface area contributed by atoms with Crippen molar-refractivity contribution >= 4 is 39.1 Å². The lowest BCUT2D eigenvalue weighted by molar-refractivity contribution is -0.122. The Balaban J connectivity index is 1.59. The maximum atomic E-state index is 12.5. The predicted octanol–water partition coefficient (Wildman–Crippen LogP) is 5.72. The van der Waals surface area contributed by atoms with Crippen LogP contribution in [0.15, 0.2) is 71.2 Å². The second-order valence-electron chi connectivity index (χ2n) is 6.98. The average Bonchev–Trinajstić information content (AvgIpc) is 2.73. The Morgan fingerprint density at radius 2 is 1.57 bits per heavy atom. The molecule has 0 radical (unpaired) electrons. The number of rotatable bonds is 6. The van der Waals surface area contributed by atoms with Gasteiger partial charge in [-0.3, -0.25) is 9.59 Å². The number of carbonyl (C=O) groups is 2. The summed E-state index contributed by atoms with van der Waals surface area (Å²) in [6, 6.07) is 19.8. The summed E-state index contributed by atoms with van der Waals surface area (Å²) in [6.07, 6.45) is -0.691. The summed E-state index contributed by atoms with van der Waals surface area (Å²) in [4.78, 5) is 24.9. The fourth-order valence-corrected chi connectivity index (χ4v) is 3.06. The number of ether oxygens (including phenoxy) is 1. The van der Waals surface area contributed by atoms with E-state index in [1.807, 2.05) is 44.2 Å². The van der Waals surface area contributed by atoms with Gasteiger partial charge in [-0.2, -0.15) is 0 Å². The fourth-order valence-electron chi connectivity index (χ4n) is 2.80. The van der Waals surface area contributed by atoms with Gasteiger partial charge in [-0.05, 0) is 86.5 Å². The molecule has 0 aromatic heterocycles. The van der Waals surface area contributed by atoms with Crippen LogP contribution in [0.3, 0.4) is 0 Å². The molecule has 3 aromatic rings. The van der Waals surface area contributed by atoms with Crippen LogP contribution in [0.5, 0.6) is 5.75 Å². The SMILES string of the molecule is Cc1cccc(NC(=O)c2ccc(OC(C)C(=O)Nc3ccc(Br)cc3)cc2)c1C. The maximum Gasteiger partial charge on any atom is 0.265 e. The highest BCUT2D eigenvalue weighted by atomic mass is 79.9. The Kier molecular flexibility index (Phi) is 6.90. The summed E-state index contributed by atoms with van der Waals surface area (Å²) < 4.78 is 6.64. The molecule has 0 spiro atoms. The molecule has 0 aliphatic rings. The van der Waals surface area contributed by atoms with Crippen molar-refractivity contribution in [2.24, 2.45) is 0 Å². The molecule has 1 atom stereocenters. The lowest BCUT2D eigenvalue weighted by atomic mass is 10.1. The number of hydrogen-bond donors (Lipinski definition) is 2. The van der Waals surface area contributed by atoms with Crippen LogP contribution in [0, 0.1) is 13.8 Å². The van der Waals surface area contributed by atoms with Crippen molar-refractivity contribution in [2.75, 3.05) is 10.6 Å². The molecule has 2 N–H and O–H groups in total. The number of carbonyl (C=O) groups excluding carboxylic acids is 2. The summed E-state index contributed by atoms with van der Waals surface area (Å²) in [5, 5.41) is 5.74. The molecule has 6 heteroatoms. The molecule has 0 aliphatic heterocycles. The highest BCUT2D eigenvalue weighted by molar-refractivity contribution is 9.10. The molecule has 3 rings (SSSR count). The molecule has 0 heterocycles. The number of amides is 2. The first-order valence-corrected chi connectivity index (χ1v) is 10.3. The summed E-state index contributed by atoms with van der Waals surface area (Å²) in [5.41, 5.74) is 4.15. The molecule has 0 fully saturated rings. The van der Waals surface area contributed by atoms with Crippen LogP contribution >= 0.6 is 15.9 Å². The molecule has 0 saturated heterocycles. The molecule has 3 aromatic carbocycles. The summed E-state index contributed by atoms with van der Waals surface area (Å²) >= 11 is 3.36. The van der Waals surface area contributed by atoms with Gasteiger partial charge in [0.15, 0.2) is 6.10 Å². The van der Waals surface area contributed by atoms with E-state index in [9.17, 15) is 9.59 Å². The van der Waals surface area contributed by atoms with Crippen LogP contribution in [0.2, 0.25) is 0 Å². The molecule has 0 saturated carbocycles. The molecule has 154 valence electrons. The average molecular weight is 467 g/mol. The molecular formula is C24H23BrN2O3. The summed E-state index contributed by atoms with van der Waals surface area (Å²) in [5.74, 6) is 0.0575. The van der Waals surface area contributed by atoms with Crippen LogP contribution in [-0.4, -0.2) is 17.9 Å². The molecule has 2 amide bonds. The van der Waals surface area contributed by atoms with Crippen LogP contribution < -0.4 is 15.4 Å². The maximum absolute atomic E-state index is 12.5. The lowest BCUT2D eigenvalue weighted by Crippen LogP contribution is -2.30. The smallest absolute Gasteiger partial charge is 0.265 e. The van der Waals surface area contributed by atoms with Crippen LogP contribution in [-0.2, 0) is 4.79 Å². The Labute approximate surface area is 184 Å². The Bertz CT molecular complexity index is 1050. The van der Waals surface area contributed by atoms with Gasteiger partial charge in [0.05, 0.1) is 0 Å². The second kappa shape index (κ2) is 9.59. The number of nitrogens with one attached hydrogen (secondary N) is 2. The van der Waals surface area contributed by atoms with E-state index in [0.717, 1.165) is 21.3 Å². The first-order valence-electron chi connectivity index (χ1n) is 9.54. The standard InChI is InChI=1S/C24H23BrN2O3/c1-15-5-4-6-22(16(15)2)27-24(29)18-7-13-21(14-8-18)30-17(3)23(28)26-20-11-9-19(25)10-12-20/h4-14,17H,1-3H3,(H,26,28)(H,27,29).